The molecule has 2 rings (SSSR count). The van der Waals surface area contributed by atoms with Crippen LogP contribution in [-0.2, 0) is 6.54 Å². The number of aromatic nitrogens is 2. The molecule has 0 aliphatic carbocycles. The van der Waals surface area contributed by atoms with Gasteiger partial charge >= 0.3 is 0 Å². The van der Waals surface area contributed by atoms with E-state index in [1.807, 2.05) is 21.0 Å². The molecule has 0 radical (unpaired) electrons. The number of hydrogen-bond acceptors (Lipinski definition) is 2. The van der Waals surface area contributed by atoms with Gasteiger partial charge in [-0.05, 0) is 17.9 Å². The van der Waals surface area contributed by atoms with E-state index >= 15 is 0 Å². The van der Waals surface area contributed by atoms with Crippen molar-refractivity contribution < 1.29 is 4.79 Å². The first-order valence-corrected chi connectivity index (χ1v) is 5.45. The molecule has 0 aliphatic rings. The second kappa shape index (κ2) is 4.45. The number of carbonyl (C=O) groups is 1. The smallest absolute Gasteiger partial charge is 0.268 e. The van der Waals surface area contributed by atoms with Crippen LogP contribution in [0.4, 0.5) is 0 Å². The number of nitrogens with two attached hydrogens (primary N) is 1. The molecule has 0 spiro atoms. The van der Waals surface area contributed by atoms with E-state index in [9.17, 15) is 4.79 Å². The summed E-state index contributed by atoms with van der Waals surface area (Å²) in [6.45, 7) is 2.70. The van der Waals surface area contributed by atoms with E-state index in [2.05, 4.69) is 29.4 Å². The molecule has 1 aromatic carbocycles. The molecule has 0 atom stereocenters. The van der Waals surface area contributed by atoms with Gasteiger partial charge in [-0.15, -0.1) is 0 Å². The molecule has 1 heterocycles. The Kier molecular flexibility index (Phi) is 3.00. The highest BCUT2D eigenvalue weighted by molar-refractivity contribution is 6.35. The molecule has 86 valence electrons. The number of benzene rings is 1. The van der Waals surface area contributed by atoms with Crippen molar-refractivity contribution in [1.82, 2.24) is 9.78 Å². The third-order valence-electron chi connectivity index (χ3n) is 2.64. The van der Waals surface area contributed by atoms with Gasteiger partial charge in [0.1, 0.15) is 13.5 Å². The number of hydrogen-bond donors (Lipinski definition) is 1. The average molecular weight is 227 g/mol. The van der Waals surface area contributed by atoms with E-state index < -0.39 is 5.91 Å². The van der Waals surface area contributed by atoms with Crippen LogP contribution in [0.3, 0.4) is 0 Å². The number of carbonyl (C=O) groups excluding carboxylic acids is 1. The van der Waals surface area contributed by atoms with E-state index in [-0.39, 0.29) is 0 Å². The third kappa shape index (κ3) is 2.56. The van der Waals surface area contributed by atoms with Crippen LogP contribution in [-0.4, -0.2) is 23.5 Å². The molecule has 0 bridgehead atoms. The van der Waals surface area contributed by atoms with Crippen molar-refractivity contribution in [1.29, 1.82) is 0 Å². The maximum absolute atomic E-state index is 11.1. The standard InChI is InChI=1S/C12H14BN3O/c1-8-2-4-9(5-3-8)6-16-7-10(13)11(15-16)12(14)17/h2-5,7H,6,13H2,1H3,(H2,14,17). The minimum Gasteiger partial charge on any atom is -0.364 e. The van der Waals surface area contributed by atoms with Crippen molar-refractivity contribution in [3.63, 3.8) is 0 Å². The zero-order valence-corrected chi connectivity index (χ0v) is 9.97. The Balaban J connectivity index is 2.22. The van der Waals surface area contributed by atoms with Crippen LogP contribution in [0.15, 0.2) is 30.5 Å². The van der Waals surface area contributed by atoms with Crippen LogP contribution < -0.4 is 11.2 Å². The molecule has 0 unspecified atom stereocenters. The first-order valence-electron chi connectivity index (χ1n) is 5.45. The molecule has 1 amide bonds. The van der Waals surface area contributed by atoms with Gasteiger partial charge in [-0.2, -0.15) is 5.10 Å². The van der Waals surface area contributed by atoms with Gasteiger partial charge in [0.05, 0.1) is 6.54 Å². The zero-order chi connectivity index (χ0) is 12.4. The van der Waals surface area contributed by atoms with Crippen LogP contribution in [0.5, 0.6) is 0 Å². The second-order valence-corrected chi connectivity index (χ2v) is 4.21. The Hall–Kier alpha value is -2.04. The van der Waals surface area contributed by atoms with Gasteiger partial charge < -0.3 is 5.73 Å². The number of amides is 1. The fourth-order valence-corrected chi connectivity index (χ4v) is 1.73. The van der Waals surface area contributed by atoms with Gasteiger partial charge in [-0.1, -0.05) is 29.8 Å². The highest BCUT2D eigenvalue weighted by atomic mass is 16.1. The molecular weight excluding hydrogens is 213 g/mol. The highest BCUT2D eigenvalue weighted by Crippen LogP contribution is 2.05. The maximum atomic E-state index is 11.1. The molecule has 4 nitrogen and oxygen atoms in total. The van der Waals surface area contributed by atoms with E-state index in [0.29, 0.717) is 12.2 Å². The molecule has 0 fully saturated rings. The predicted octanol–water partition coefficient (Wildman–Crippen LogP) is -0.403. The molecule has 17 heavy (non-hydrogen) atoms. The minimum atomic E-state index is -0.481. The second-order valence-electron chi connectivity index (χ2n) is 4.21. The van der Waals surface area contributed by atoms with Gasteiger partial charge in [0, 0.05) is 6.20 Å². The van der Waals surface area contributed by atoms with E-state index in [4.69, 9.17) is 5.73 Å². The predicted molar refractivity (Wildman–Crippen MR) is 69.2 cm³/mol. The summed E-state index contributed by atoms with van der Waals surface area (Å²) in [6.07, 6.45) is 1.83. The first-order chi connectivity index (χ1) is 8.06. The van der Waals surface area contributed by atoms with Crippen molar-refractivity contribution >= 4 is 19.2 Å². The molecule has 2 aromatic rings. The average Bonchev–Trinajstić information content (AvgIpc) is 2.63. The van der Waals surface area contributed by atoms with Crippen LogP contribution in [0.25, 0.3) is 0 Å². The lowest BCUT2D eigenvalue weighted by molar-refractivity contribution is 0.0996. The highest BCUT2D eigenvalue weighted by Gasteiger charge is 2.09. The lowest BCUT2D eigenvalue weighted by atomic mass is 9.97. The number of rotatable bonds is 3. The molecule has 1 aromatic heterocycles. The van der Waals surface area contributed by atoms with Crippen molar-refractivity contribution in [3.8, 4) is 0 Å². The summed E-state index contributed by atoms with van der Waals surface area (Å²) in [7, 11) is 1.83. The van der Waals surface area contributed by atoms with Crippen molar-refractivity contribution in [2.45, 2.75) is 13.5 Å². The van der Waals surface area contributed by atoms with E-state index in [1.165, 1.54) is 5.56 Å². The normalized spacial score (nSPS) is 10.4. The van der Waals surface area contributed by atoms with Crippen molar-refractivity contribution in [3.05, 3.63) is 47.3 Å². The number of aryl methyl sites for hydroxylation is 1. The van der Waals surface area contributed by atoms with Crippen molar-refractivity contribution in [2.24, 2.45) is 5.73 Å². The topological polar surface area (TPSA) is 60.9 Å². The summed E-state index contributed by atoms with van der Waals surface area (Å²) < 4.78 is 1.74. The fourth-order valence-electron chi connectivity index (χ4n) is 1.73. The summed E-state index contributed by atoms with van der Waals surface area (Å²) in [4.78, 5) is 11.1. The van der Waals surface area contributed by atoms with E-state index in [0.717, 1.165) is 11.0 Å². The summed E-state index contributed by atoms with van der Waals surface area (Å²) in [5.74, 6) is -0.481. The molecule has 0 saturated heterocycles. The van der Waals surface area contributed by atoms with Gasteiger partial charge in [0.15, 0.2) is 0 Å². The molecule has 0 aliphatic heterocycles. The summed E-state index contributed by atoms with van der Waals surface area (Å²) in [5, 5.41) is 4.17. The Bertz CT molecular complexity index is 545. The summed E-state index contributed by atoms with van der Waals surface area (Å²) in [5.41, 5.74) is 8.75. The summed E-state index contributed by atoms with van der Waals surface area (Å²) in [6, 6.07) is 8.22. The number of nitrogens with zero attached hydrogens (tertiary/aromatic N) is 2. The van der Waals surface area contributed by atoms with E-state index in [1.54, 1.807) is 4.68 Å². The van der Waals surface area contributed by atoms with Gasteiger partial charge in [0.25, 0.3) is 5.91 Å². The van der Waals surface area contributed by atoms with Crippen LogP contribution >= 0.6 is 0 Å². The number of primary amides is 1. The van der Waals surface area contributed by atoms with Gasteiger partial charge in [-0.25, -0.2) is 0 Å². The van der Waals surface area contributed by atoms with Crippen LogP contribution in [0.2, 0.25) is 0 Å². The quantitative estimate of drug-likeness (QED) is 0.725. The molecule has 0 saturated carbocycles. The van der Waals surface area contributed by atoms with Crippen LogP contribution in [0.1, 0.15) is 21.6 Å². The monoisotopic (exact) mass is 227 g/mol. The lowest BCUT2D eigenvalue weighted by Gasteiger charge is -2.02. The molecule has 5 heteroatoms. The lowest BCUT2D eigenvalue weighted by Crippen LogP contribution is -2.20. The summed E-state index contributed by atoms with van der Waals surface area (Å²) >= 11 is 0. The van der Waals surface area contributed by atoms with Crippen molar-refractivity contribution in [2.75, 3.05) is 0 Å². The first kappa shape index (κ1) is 11.5. The van der Waals surface area contributed by atoms with Crippen LogP contribution in [0, 0.1) is 6.92 Å². The molecular formula is C12H14BN3O. The maximum Gasteiger partial charge on any atom is 0.268 e. The molecule has 2 N–H and O–H groups in total. The Morgan fingerprint density at radius 3 is 2.59 bits per heavy atom. The minimum absolute atomic E-state index is 0.345. The zero-order valence-electron chi connectivity index (χ0n) is 9.97. The Morgan fingerprint density at radius 2 is 2.06 bits per heavy atom. The SMILES string of the molecule is Bc1cn(Cc2ccc(C)cc2)nc1C(N)=O. The largest absolute Gasteiger partial charge is 0.364 e. The Labute approximate surface area is 101 Å². The fraction of sp³-hybridized carbons (Fsp3) is 0.167. The van der Waals surface area contributed by atoms with Gasteiger partial charge in [0.2, 0.25) is 0 Å². The van der Waals surface area contributed by atoms with Gasteiger partial charge in [-0.3, -0.25) is 9.48 Å². The third-order valence-corrected chi connectivity index (χ3v) is 2.64. The Morgan fingerprint density at radius 1 is 1.41 bits per heavy atom.